The molecule has 3 heterocycles. The number of hydrogen-bond donors (Lipinski definition) is 0. The summed E-state index contributed by atoms with van der Waals surface area (Å²) in [5, 5.41) is 4.44. The van der Waals surface area contributed by atoms with Crippen molar-refractivity contribution in [3.63, 3.8) is 0 Å². The zero-order chi connectivity index (χ0) is 18.8. The molecule has 0 saturated carbocycles. The van der Waals surface area contributed by atoms with E-state index in [-0.39, 0.29) is 18.3 Å². The number of benzene rings is 1. The smallest absolute Gasteiger partial charge is 0.272 e. The van der Waals surface area contributed by atoms with Crippen LogP contribution in [0.5, 0.6) is 5.75 Å². The van der Waals surface area contributed by atoms with Gasteiger partial charge in [-0.15, -0.1) is 0 Å². The standard InChI is InChI=1S/C20H19FN4O2/c1-14-3-2-4-16(22-14)12-24-9-10-25-19(20(24)26)11-17(23-25)13-27-18-7-5-15(21)6-8-18/h2-8,11H,9-10,12-13H2,1H3. The predicted molar refractivity (Wildman–Crippen MR) is 96.7 cm³/mol. The molecule has 1 aliphatic heterocycles. The van der Waals surface area contributed by atoms with E-state index in [1.165, 1.54) is 12.1 Å². The lowest BCUT2D eigenvalue weighted by Crippen LogP contribution is -2.40. The van der Waals surface area contributed by atoms with Gasteiger partial charge in [0.25, 0.3) is 5.91 Å². The molecule has 0 atom stereocenters. The minimum atomic E-state index is -0.311. The Hall–Kier alpha value is -3.22. The lowest BCUT2D eigenvalue weighted by atomic mass is 10.2. The minimum Gasteiger partial charge on any atom is -0.487 e. The Morgan fingerprint density at radius 1 is 1.11 bits per heavy atom. The van der Waals surface area contributed by atoms with Gasteiger partial charge in [-0.1, -0.05) is 6.07 Å². The zero-order valence-corrected chi connectivity index (χ0v) is 14.9. The molecule has 27 heavy (non-hydrogen) atoms. The largest absolute Gasteiger partial charge is 0.487 e. The number of rotatable bonds is 5. The van der Waals surface area contributed by atoms with Gasteiger partial charge in [0, 0.05) is 12.2 Å². The Balaban J connectivity index is 1.44. The molecule has 7 heteroatoms. The van der Waals surface area contributed by atoms with Gasteiger partial charge in [-0.05, 0) is 49.4 Å². The average molecular weight is 366 g/mol. The molecule has 3 aromatic rings. The van der Waals surface area contributed by atoms with Gasteiger partial charge in [-0.25, -0.2) is 4.39 Å². The van der Waals surface area contributed by atoms with Crippen molar-refractivity contribution in [1.82, 2.24) is 19.7 Å². The van der Waals surface area contributed by atoms with Crippen molar-refractivity contribution in [1.29, 1.82) is 0 Å². The van der Waals surface area contributed by atoms with E-state index in [0.29, 0.717) is 36.8 Å². The molecule has 0 fully saturated rings. The van der Waals surface area contributed by atoms with Gasteiger partial charge < -0.3 is 9.64 Å². The minimum absolute atomic E-state index is 0.0647. The number of hydrogen-bond acceptors (Lipinski definition) is 4. The fourth-order valence-corrected chi connectivity index (χ4v) is 3.08. The van der Waals surface area contributed by atoms with Crippen molar-refractivity contribution in [3.8, 4) is 5.75 Å². The van der Waals surface area contributed by atoms with E-state index in [9.17, 15) is 9.18 Å². The Morgan fingerprint density at radius 3 is 2.70 bits per heavy atom. The van der Waals surface area contributed by atoms with Crippen LogP contribution >= 0.6 is 0 Å². The zero-order valence-electron chi connectivity index (χ0n) is 14.9. The molecule has 0 N–H and O–H groups in total. The van der Waals surface area contributed by atoms with Gasteiger partial charge in [0.15, 0.2) is 0 Å². The Labute approximate surface area is 156 Å². The van der Waals surface area contributed by atoms with E-state index in [2.05, 4.69) is 10.1 Å². The van der Waals surface area contributed by atoms with Crippen LogP contribution in [0.3, 0.4) is 0 Å². The van der Waals surface area contributed by atoms with Crippen LogP contribution < -0.4 is 4.74 Å². The molecule has 1 amide bonds. The summed E-state index contributed by atoms with van der Waals surface area (Å²) in [7, 11) is 0. The van der Waals surface area contributed by atoms with Crippen LogP contribution in [0.4, 0.5) is 4.39 Å². The molecule has 4 rings (SSSR count). The van der Waals surface area contributed by atoms with E-state index in [1.807, 2.05) is 25.1 Å². The van der Waals surface area contributed by atoms with Crippen molar-refractivity contribution in [2.75, 3.05) is 6.54 Å². The Kier molecular flexibility index (Phi) is 4.58. The van der Waals surface area contributed by atoms with E-state index in [4.69, 9.17) is 4.74 Å². The van der Waals surface area contributed by atoms with E-state index >= 15 is 0 Å². The summed E-state index contributed by atoms with van der Waals surface area (Å²) in [6.07, 6.45) is 0. The average Bonchev–Trinajstić information content (AvgIpc) is 3.08. The summed E-state index contributed by atoms with van der Waals surface area (Å²) in [4.78, 5) is 19.0. The highest BCUT2D eigenvalue weighted by Gasteiger charge is 2.26. The van der Waals surface area contributed by atoms with E-state index < -0.39 is 0 Å². The number of aryl methyl sites for hydroxylation is 1. The molecule has 0 saturated heterocycles. The molecule has 1 aromatic carbocycles. The van der Waals surface area contributed by atoms with Crippen LogP contribution in [0.25, 0.3) is 0 Å². The van der Waals surface area contributed by atoms with E-state index in [0.717, 1.165) is 11.4 Å². The normalized spacial score (nSPS) is 13.6. The number of fused-ring (bicyclic) bond motifs is 1. The van der Waals surface area contributed by atoms with Crippen molar-refractivity contribution >= 4 is 5.91 Å². The number of amides is 1. The van der Waals surface area contributed by atoms with Crippen LogP contribution in [0.2, 0.25) is 0 Å². The van der Waals surface area contributed by atoms with Crippen LogP contribution in [-0.2, 0) is 19.7 Å². The van der Waals surface area contributed by atoms with Gasteiger partial charge in [0.2, 0.25) is 0 Å². The first-order chi connectivity index (χ1) is 13.1. The fourth-order valence-electron chi connectivity index (χ4n) is 3.08. The van der Waals surface area contributed by atoms with Crippen LogP contribution in [-0.4, -0.2) is 32.1 Å². The first-order valence-corrected chi connectivity index (χ1v) is 8.75. The summed E-state index contributed by atoms with van der Waals surface area (Å²) >= 11 is 0. The highest BCUT2D eigenvalue weighted by molar-refractivity contribution is 5.93. The molecule has 0 unspecified atom stereocenters. The predicted octanol–water partition coefficient (Wildman–Crippen LogP) is 2.96. The second-order valence-electron chi connectivity index (χ2n) is 6.48. The quantitative estimate of drug-likeness (QED) is 0.697. The summed E-state index contributed by atoms with van der Waals surface area (Å²) in [6.45, 7) is 3.85. The number of carbonyl (C=O) groups excluding carboxylic acids is 1. The molecular formula is C20H19FN4O2. The third kappa shape index (κ3) is 3.81. The maximum Gasteiger partial charge on any atom is 0.272 e. The lowest BCUT2D eigenvalue weighted by molar-refractivity contribution is 0.0681. The summed E-state index contributed by atoms with van der Waals surface area (Å²) in [5.41, 5.74) is 3.02. The number of carbonyl (C=O) groups is 1. The van der Waals surface area contributed by atoms with Crippen molar-refractivity contribution in [2.24, 2.45) is 0 Å². The monoisotopic (exact) mass is 366 g/mol. The molecule has 1 aliphatic rings. The number of nitrogens with zero attached hydrogens (tertiary/aromatic N) is 4. The van der Waals surface area contributed by atoms with Gasteiger partial charge in [-0.2, -0.15) is 5.10 Å². The molecule has 0 radical (unpaired) electrons. The molecule has 6 nitrogen and oxygen atoms in total. The number of aromatic nitrogens is 3. The van der Waals surface area contributed by atoms with Crippen molar-refractivity contribution in [2.45, 2.75) is 26.6 Å². The van der Waals surface area contributed by atoms with Crippen molar-refractivity contribution < 1.29 is 13.9 Å². The topological polar surface area (TPSA) is 60.2 Å². The molecule has 2 aromatic heterocycles. The van der Waals surface area contributed by atoms with Crippen molar-refractivity contribution in [3.05, 3.63) is 77.1 Å². The molecule has 0 aliphatic carbocycles. The van der Waals surface area contributed by atoms with Gasteiger partial charge in [0.1, 0.15) is 29.6 Å². The third-order valence-electron chi connectivity index (χ3n) is 4.42. The van der Waals surface area contributed by atoms with Gasteiger partial charge >= 0.3 is 0 Å². The lowest BCUT2D eigenvalue weighted by Gasteiger charge is -2.27. The molecule has 0 spiro atoms. The summed E-state index contributed by atoms with van der Waals surface area (Å²) in [6, 6.07) is 13.4. The second kappa shape index (κ2) is 7.19. The Morgan fingerprint density at radius 2 is 1.93 bits per heavy atom. The summed E-state index contributed by atoms with van der Waals surface area (Å²) < 4.78 is 20.3. The molecule has 138 valence electrons. The highest BCUT2D eigenvalue weighted by atomic mass is 19.1. The second-order valence-corrected chi connectivity index (χ2v) is 6.48. The van der Waals surface area contributed by atoms with Gasteiger partial charge in [-0.3, -0.25) is 14.5 Å². The highest BCUT2D eigenvalue weighted by Crippen LogP contribution is 2.18. The fraction of sp³-hybridized carbons (Fsp3) is 0.250. The Bertz CT molecular complexity index is 968. The maximum absolute atomic E-state index is 12.9. The molecule has 0 bridgehead atoms. The van der Waals surface area contributed by atoms with Gasteiger partial charge in [0.05, 0.1) is 18.8 Å². The van der Waals surface area contributed by atoms with Crippen LogP contribution in [0, 0.1) is 12.7 Å². The number of halogens is 1. The summed E-state index contributed by atoms with van der Waals surface area (Å²) in [5.74, 6) is 0.180. The number of ether oxygens (including phenoxy) is 1. The maximum atomic E-state index is 12.9. The molecular weight excluding hydrogens is 347 g/mol. The first kappa shape index (κ1) is 17.2. The third-order valence-corrected chi connectivity index (χ3v) is 4.42. The first-order valence-electron chi connectivity index (χ1n) is 8.75. The SMILES string of the molecule is Cc1cccc(CN2CCn3nc(COc4ccc(F)cc4)cc3C2=O)n1. The van der Waals surface area contributed by atoms with E-state index in [1.54, 1.807) is 27.8 Å². The van der Waals surface area contributed by atoms with Crippen LogP contribution in [0.15, 0.2) is 48.5 Å². The van der Waals surface area contributed by atoms with Crippen LogP contribution in [0.1, 0.15) is 27.6 Å². The number of pyridine rings is 1.